The number of hydrogen-bond donors (Lipinski definition) is 1. The molecular formula is C9H9NO3. The highest BCUT2D eigenvalue weighted by Crippen LogP contribution is 2.01. The first kappa shape index (κ1) is 9.38. The van der Waals surface area contributed by atoms with Crippen LogP contribution in [0.15, 0.2) is 18.3 Å². The quantitative estimate of drug-likeness (QED) is 0.700. The van der Waals surface area contributed by atoms with E-state index in [-0.39, 0.29) is 12.2 Å². The van der Waals surface area contributed by atoms with Crippen LogP contribution in [0.3, 0.4) is 0 Å². The number of Topliss-reactive ketones (excluding diaryl/α,β-unsaturated/α-hetero) is 1. The van der Waals surface area contributed by atoms with E-state index in [0.717, 1.165) is 0 Å². The van der Waals surface area contributed by atoms with Gasteiger partial charge in [-0.15, -0.1) is 0 Å². The Labute approximate surface area is 75.2 Å². The summed E-state index contributed by atoms with van der Waals surface area (Å²) < 4.78 is 0. The highest BCUT2D eigenvalue weighted by atomic mass is 16.4. The van der Waals surface area contributed by atoms with E-state index < -0.39 is 5.97 Å². The fraction of sp³-hybridized carbons (Fsp3) is 0.222. The molecule has 1 rings (SSSR count). The average Bonchev–Trinajstić information content (AvgIpc) is 2.04. The molecule has 1 N–H and O–H groups in total. The Morgan fingerprint density at radius 3 is 2.54 bits per heavy atom. The maximum Gasteiger partial charge on any atom is 0.307 e. The van der Waals surface area contributed by atoms with Crippen molar-refractivity contribution < 1.29 is 14.7 Å². The van der Waals surface area contributed by atoms with Crippen molar-refractivity contribution in [2.45, 2.75) is 13.3 Å². The largest absolute Gasteiger partial charge is 0.481 e. The first-order chi connectivity index (χ1) is 6.09. The van der Waals surface area contributed by atoms with Gasteiger partial charge in [-0.1, -0.05) is 6.07 Å². The van der Waals surface area contributed by atoms with Crippen LogP contribution in [0.1, 0.15) is 23.0 Å². The van der Waals surface area contributed by atoms with Crippen molar-refractivity contribution in [3.63, 3.8) is 0 Å². The lowest BCUT2D eigenvalue weighted by atomic mass is 10.2. The number of carbonyl (C=O) groups excluding carboxylic acids is 1. The van der Waals surface area contributed by atoms with Gasteiger partial charge in [0, 0.05) is 13.1 Å². The topological polar surface area (TPSA) is 67.3 Å². The Balaban J connectivity index is 2.81. The second-order valence-electron chi connectivity index (χ2n) is 2.68. The molecule has 4 heteroatoms. The monoisotopic (exact) mass is 179 g/mol. The summed E-state index contributed by atoms with van der Waals surface area (Å²) in [5.74, 6) is -1.03. The first-order valence-electron chi connectivity index (χ1n) is 3.77. The van der Waals surface area contributed by atoms with E-state index in [4.69, 9.17) is 5.11 Å². The third-order valence-electron chi connectivity index (χ3n) is 1.54. The van der Waals surface area contributed by atoms with Gasteiger partial charge in [0.1, 0.15) is 5.69 Å². The van der Waals surface area contributed by atoms with Gasteiger partial charge in [0.25, 0.3) is 0 Å². The summed E-state index contributed by atoms with van der Waals surface area (Å²) in [5.41, 5.74) is 0.951. The molecule has 0 atom stereocenters. The smallest absolute Gasteiger partial charge is 0.307 e. The number of nitrogens with zero attached hydrogens (tertiary/aromatic N) is 1. The molecule has 0 aliphatic heterocycles. The second kappa shape index (κ2) is 3.80. The lowest BCUT2D eigenvalue weighted by Gasteiger charge is -1.97. The maximum atomic E-state index is 10.8. The van der Waals surface area contributed by atoms with Gasteiger partial charge < -0.3 is 5.11 Å². The van der Waals surface area contributed by atoms with Gasteiger partial charge in [-0.25, -0.2) is 0 Å². The summed E-state index contributed by atoms with van der Waals surface area (Å²) in [5, 5.41) is 8.45. The lowest BCUT2D eigenvalue weighted by Crippen LogP contribution is -2.02. The number of carbonyl (C=O) groups is 2. The van der Waals surface area contributed by atoms with Crippen molar-refractivity contribution in [2.75, 3.05) is 0 Å². The molecule has 68 valence electrons. The standard InChI is InChI=1S/C9H9NO3/c1-6(11)8-3-2-7(5-10-8)4-9(12)13/h2-3,5H,4H2,1H3,(H,12,13). The number of aromatic nitrogens is 1. The van der Waals surface area contributed by atoms with Crippen LogP contribution in [0, 0.1) is 0 Å². The minimum atomic E-state index is -0.905. The fourth-order valence-electron chi connectivity index (χ4n) is 0.912. The molecule has 0 radical (unpaired) electrons. The van der Waals surface area contributed by atoms with Crippen LogP contribution in [-0.2, 0) is 11.2 Å². The molecule has 0 aliphatic rings. The van der Waals surface area contributed by atoms with Gasteiger partial charge in [-0.05, 0) is 11.6 Å². The van der Waals surface area contributed by atoms with Crippen molar-refractivity contribution in [1.82, 2.24) is 4.98 Å². The highest BCUT2D eigenvalue weighted by Gasteiger charge is 2.03. The predicted molar refractivity (Wildman–Crippen MR) is 45.6 cm³/mol. The van der Waals surface area contributed by atoms with E-state index in [1.807, 2.05) is 0 Å². The van der Waals surface area contributed by atoms with Gasteiger partial charge in [-0.3, -0.25) is 14.6 Å². The van der Waals surface area contributed by atoms with Crippen molar-refractivity contribution >= 4 is 11.8 Å². The summed E-state index contributed by atoms with van der Waals surface area (Å²) in [6, 6.07) is 3.12. The maximum absolute atomic E-state index is 10.8. The summed E-state index contributed by atoms with van der Waals surface area (Å²) >= 11 is 0. The Kier molecular flexibility index (Phi) is 2.74. The highest BCUT2D eigenvalue weighted by molar-refractivity contribution is 5.92. The molecule has 0 saturated carbocycles. The molecule has 0 aliphatic carbocycles. The fourth-order valence-corrected chi connectivity index (χ4v) is 0.912. The summed E-state index contributed by atoms with van der Waals surface area (Å²) in [4.78, 5) is 24.9. The van der Waals surface area contributed by atoms with Crippen LogP contribution in [0.4, 0.5) is 0 Å². The third-order valence-corrected chi connectivity index (χ3v) is 1.54. The molecule has 4 nitrogen and oxygen atoms in total. The minimum Gasteiger partial charge on any atom is -0.481 e. The molecule has 0 spiro atoms. The molecule has 13 heavy (non-hydrogen) atoms. The molecule has 0 amide bonds. The molecule has 0 fully saturated rings. The van der Waals surface area contributed by atoms with E-state index >= 15 is 0 Å². The molecule has 0 unspecified atom stereocenters. The van der Waals surface area contributed by atoms with Crippen molar-refractivity contribution in [3.05, 3.63) is 29.6 Å². The molecule has 0 aromatic carbocycles. The van der Waals surface area contributed by atoms with Crippen molar-refractivity contribution in [3.8, 4) is 0 Å². The number of carboxylic acid groups (broad SMARTS) is 1. The number of aliphatic carboxylic acids is 1. The van der Waals surface area contributed by atoms with Crippen molar-refractivity contribution in [2.24, 2.45) is 0 Å². The van der Waals surface area contributed by atoms with Crippen LogP contribution in [0.25, 0.3) is 0 Å². The van der Waals surface area contributed by atoms with Crippen LogP contribution < -0.4 is 0 Å². The van der Waals surface area contributed by atoms with E-state index in [2.05, 4.69) is 4.98 Å². The number of carboxylic acids is 1. The summed E-state index contributed by atoms with van der Waals surface area (Å²) in [6.45, 7) is 1.42. The van der Waals surface area contributed by atoms with Gasteiger partial charge in [0.2, 0.25) is 0 Å². The third kappa shape index (κ3) is 2.66. The number of ketones is 1. The minimum absolute atomic E-state index is 0.0643. The molecule has 0 saturated heterocycles. The van der Waals surface area contributed by atoms with Crippen molar-refractivity contribution in [1.29, 1.82) is 0 Å². The van der Waals surface area contributed by atoms with E-state index in [0.29, 0.717) is 11.3 Å². The van der Waals surface area contributed by atoms with Gasteiger partial charge >= 0.3 is 5.97 Å². The van der Waals surface area contributed by atoms with Crippen LogP contribution >= 0.6 is 0 Å². The van der Waals surface area contributed by atoms with Crippen LogP contribution in [0.5, 0.6) is 0 Å². The SMILES string of the molecule is CC(=O)c1ccc(CC(=O)O)cn1. The molecule has 1 aromatic heterocycles. The Bertz CT molecular complexity index is 329. The van der Waals surface area contributed by atoms with E-state index in [1.165, 1.54) is 19.2 Å². The Hall–Kier alpha value is -1.71. The molecule has 1 heterocycles. The molecule has 0 bridgehead atoms. The van der Waals surface area contributed by atoms with Gasteiger partial charge in [-0.2, -0.15) is 0 Å². The summed E-state index contributed by atoms with van der Waals surface area (Å²) in [7, 11) is 0. The molecule has 1 aromatic rings. The molecular weight excluding hydrogens is 170 g/mol. The van der Waals surface area contributed by atoms with Crippen LogP contribution in [-0.4, -0.2) is 21.8 Å². The first-order valence-corrected chi connectivity index (χ1v) is 3.77. The Morgan fingerprint density at radius 1 is 1.46 bits per heavy atom. The second-order valence-corrected chi connectivity index (χ2v) is 2.68. The average molecular weight is 179 g/mol. The van der Waals surface area contributed by atoms with E-state index in [1.54, 1.807) is 6.07 Å². The number of rotatable bonds is 3. The van der Waals surface area contributed by atoms with E-state index in [9.17, 15) is 9.59 Å². The lowest BCUT2D eigenvalue weighted by molar-refractivity contribution is -0.136. The van der Waals surface area contributed by atoms with Gasteiger partial charge in [0.15, 0.2) is 5.78 Å². The Morgan fingerprint density at radius 2 is 2.15 bits per heavy atom. The summed E-state index contributed by atoms with van der Waals surface area (Å²) in [6.07, 6.45) is 1.34. The normalized spacial score (nSPS) is 9.62. The van der Waals surface area contributed by atoms with Gasteiger partial charge in [0.05, 0.1) is 6.42 Å². The number of pyridine rings is 1. The zero-order valence-electron chi connectivity index (χ0n) is 7.15. The zero-order valence-corrected chi connectivity index (χ0v) is 7.15. The predicted octanol–water partition coefficient (Wildman–Crippen LogP) is 0.911. The zero-order chi connectivity index (χ0) is 9.84. The van der Waals surface area contributed by atoms with Crippen LogP contribution in [0.2, 0.25) is 0 Å². The number of hydrogen-bond acceptors (Lipinski definition) is 3.